The van der Waals surface area contributed by atoms with Gasteiger partial charge in [0.15, 0.2) is 0 Å². The number of halogens is 3. The van der Waals surface area contributed by atoms with Crippen molar-refractivity contribution in [1.82, 2.24) is 20.2 Å². The third-order valence-electron chi connectivity index (χ3n) is 9.31. The van der Waals surface area contributed by atoms with Crippen LogP contribution in [0.1, 0.15) is 50.2 Å². The normalized spacial score (nSPS) is 15.6. The molecular formula is C40H42F3N6O9P. The van der Waals surface area contributed by atoms with E-state index < -0.39 is 54.4 Å². The SMILES string of the molecule is Cc1cc(OCCOCCOCCOc2ccc3c(c2)C(=O)N(C2CCC(=O)NC2=O)C3=O)ccc1Nc1ncc(C(F)(F)F)c(NCc2cccc(P(C)(C)=O)c2)n1. The van der Waals surface area contributed by atoms with E-state index in [4.69, 9.17) is 18.9 Å². The molecule has 1 fully saturated rings. The number of nitrogens with zero attached hydrogens (tertiary/aromatic N) is 3. The van der Waals surface area contributed by atoms with Crippen molar-refractivity contribution in [3.63, 3.8) is 0 Å². The predicted octanol–water partition coefficient (Wildman–Crippen LogP) is 5.30. The van der Waals surface area contributed by atoms with Gasteiger partial charge in [-0.05, 0) is 80.3 Å². The molecule has 6 rings (SSSR count). The zero-order valence-corrected chi connectivity index (χ0v) is 33.3. The number of alkyl halides is 3. The molecule has 1 atom stereocenters. The number of anilines is 3. The molecule has 0 radical (unpaired) electrons. The molecule has 2 aliphatic heterocycles. The number of hydrogen-bond donors (Lipinski definition) is 3. The fraction of sp³-hybridized carbons (Fsp3) is 0.350. The summed E-state index contributed by atoms with van der Waals surface area (Å²) in [6.07, 6.45) is -3.87. The number of hydrogen-bond acceptors (Lipinski definition) is 13. The number of aromatic nitrogens is 2. The molecule has 0 saturated carbocycles. The number of nitrogens with one attached hydrogen (secondary N) is 3. The third-order valence-corrected chi connectivity index (χ3v) is 10.8. The summed E-state index contributed by atoms with van der Waals surface area (Å²) in [4.78, 5) is 58.5. The van der Waals surface area contributed by atoms with E-state index in [1.54, 1.807) is 68.8 Å². The highest BCUT2D eigenvalue weighted by Crippen LogP contribution is 2.36. The third kappa shape index (κ3) is 10.8. The van der Waals surface area contributed by atoms with Crippen LogP contribution in [0, 0.1) is 6.92 Å². The Hall–Kier alpha value is -5.84. The fourth-order valence-corrected chi connectivity index (χ4v) is 7.18. The summed E-state index contributed by atoms with van der Waals surface area (Å²) in [7, 11) is -2.56. The Morgan fingerprint density at radius 3 is 2.19 bits per heavy atom. The van der Waals surface area contributed by atoms with Gasteiger partial charge in [0.05, 0.1) is 37.6 Å². The Labute approximate surface area is 337 Å². The maximum absolute atomic E-state index is 13.8. The fourth-order valence-electron chi connectivity index (χ4n) is 6.26. The van der Waals surface area contributed by atoms with E-state index in [0.717, 1.165) is 16.7 Å². The van der Waals surface area contributed by atoms with E-state index in [0.29, 0.717) is 28.1 Å². The number of piperidine rings is 1. The van der Waals surface area contributed by atoms with Crippen molar-refractivity contribution in [2.75, 3.05) is 63.6 Å². The molecule has 0 spiro atoms. The molecule has 3 aromatic carbocycles. The second-order valence-electron chi connectivity index (χ2n) is 14.0. The lowest BCUT2D eigenvalue weighted by Gasteiger charge is -2.27. The number of aryl methyl sites for hydroxylation is 1. The quantitative estimate of drug-likeness (QED) is 0.0667. The standard InChI is InChI=1S/C40H42F3N6O9P/c1-24-19-26(8-10-32(24)46-39-45-23-31(40(41,42)43)35(48-39)44-22-25-5-4-6-28(20-25)59(2,3)54)57-17-15-55-13-14-56-16-18-58-27-7-9-29-30(21-27)38(53)49(37(29)52)33-11-12-34(50)47-36(33)51/h4-10,19-21,23,33H,11-18,22H2,1-3H3,(H,47,50,51)(H2,44,45,46,48). The van der Waals surface area contributed by atoms with Crippen LogP contribution >= 0.6 is 7.14 Å². The van der Waals surface area contributed by atoms with Crippen molar-refractivity contribution in [1.29, 1.82) is 0 Å². The molecule has 312 valence electrons. The van der Waals surface area contributed by atoms with Gasteiger partial charge in [-0.3, -0.25) is 29.4 Å². The predicted molar refractivity (Wildman–Crippen MR) is 210 cm³/mol. The summed E-state index contributed by atoms with van der Waals surface area (Å²) in [5, 5.41) is 8.52. The van der Waals surface area contributed by atoms with Crippen LogP contribution in [-0.4, -0.2) is 97.5 Å². The van der Waals surface area contributed by atoms with Crippen LogP contribution in [-0.2, 0) is 36.3 Å². The Morgan fingerprint density at radius 1 is 0.864 bits per heavy atom. The number of carbonyl (C=O) groups is 4. The molecule has 59 heavy (non-hydrogen) atoms. The summed E-state index contributed by atoms with van der Waals surface area (Å²) in [5.41, 5.74) is 1.20. The van der Waals surface area contributed by atoms with Gasteiger partial charge in [0.1, 0.15) is 49.3 Å². The van der Waals surface area contributed by atoms with E-state index >= 15 is 0 Å². The van der Waals surface area contributed by atoms with Crippen molar-refractivity contribution in [3.8, 4) is 11.5 Å². The van der Waals surface area contributed by atoms with Gasteiger partial charge >= 0.3 is 6.18 Å². The van der Waals surface area contributed by atoms with Gasteiger partial charge in [-0.25, -0.2) is 4.98 Å². The average Bonchev–Trinajstić information content (AvgIpc) is 3.43. The lowest BCUT2D eigenvalue weighted by Crippen LogP contribution is -2.54. The number of amides is 4. The lowest BCUT2D eigenvalue weighted by molar-refractivity contribution is -0.138. The summed E-state index contributed by atoms with van der Waals surface area (Å²) < 4.78 is 76.5. The molecule has 4 aromatic rings. The molecule has 3 N–H and O–H groups in total. The molecule has 0 bridgehead atoms. The van der Waals surface area contributed by atoms with Crippen LogP contribution < -0.4 is 30.7 Å². The van der Waals surface area contributed by atoms with Crippen molar-refractivity contribution >= 4 is 53.5 Å². The van der Waals surface area contributed by atoms with E-state index in [-0.39, 0.29) is 76.1 Å². The largest absolute Gasteiger partial charge is 0.491 e. The first-order valence-electron chi connectivity index (χ1n) is 18.6. The van der Waals surface area contributed by atoms with Crippen LogP contribution in [0.25, 0.3) is 0 Å². The van der Waals surface area contributed by atoms with Crippen LogP contribution in [0.4, 0.5) is 30.6 Å². The first kappa shape index (κ1) is 42.8. The number of ether oxygens (including phenoxy) is 4. The Kier molecular flexibility index (Phi) is 13.3. The minimum atomic E-state index is -4.69. The van der Waals surface area contributed by atoms with Gasteiger partial charge in [-0.2, -0.15) is 18.2 Å². The number of rotatable bonds is 18. The molecule has 4 amide bonds. The Morgan fingerprint density at radius 2 is 1.53 bits per heavy atom. The van der Waals surface area contributed by atoms with Crippen molar-refractivity contribution in [3.05, 3.63) is 94.7 Å². The van der Waals surface area contributed by atoms with Crippen LogP contribution in [0.3, 0.4) is 0 Å². The molecule has 2 aliphatic rings. The highest BCUT2D eigenvalue weighted by Gasteiger charge is 2.44. The van der Waals surface area contributed by atoms with Gasteiger partial charge in [0, 0.05) is 30.2 Å². The van der Waals surface area contributed by atoms with Crippen LogP contribution in [0.5, 0.6) is 11.5 Å². The first-order chi connectivity index (χ1) is 28.1. The van der Waals surface area contributed by atoms with Gasteiger partial charge < -0.3 is 34.1 Å². The topological polar surface area (TPSA) is 187 Å². The smallest absolute Gasteiger partial charge is 0.421 e. The van der Waals surface area contributed by atoms with E-state index in [2.05, 4.69) is 25.9 Å². The molecular weight excluding hydrogens is 796 g/mol. The molecule has 1 aromatic heterocycles. The molecule has 1 unspecified atom stereocenters. The number of imide groups is 2. The number of fused-ring (bicyclic) bond motifs is 1. The molecule has 15 nitrogen and oxygen atoms in total. The summed E-state index contributed by atoms with van der Waals surface area (Å²) in [5.74, 6) is -1.88. The maximum Gasteiger partial charge on any atom is 0.421 e. The van der Waals surface area contributed by atoms with E-state index in [1.807, 2.05) is 0 Å². The molecule has 1 saturated heterocycles. The Bertz CT molecular complexity index is 2290. The van der Waals surface area contributed by atoms with Crippen LogP contribution in [0.2, 0.25) is 0 Å². The summed E-state index contributed by atoms with van der Waals surface area (Å²) >= 11 is 0. The van der Waals surface area contributed by atoms with Gasteiger partial charge in [-0.15, -0.1) is 0 Å². The van der Waals surface area contributed by atoms with E-state index in [1.165, 1.54) is 12.1 Å². The average molecular weight is 839 g/mol. The van der Waals surface area contributed by atoms with Gasteiger partial charge in [0.25, 0.3) is 11.8 Å². The lowest BCUT2D eigenvalue weighted by atomic mass is 10.0. The molecule has 0 aliphatic carbocycles. The van der Waals surface area contributed by atoms with Crippen LogP contribution in [0.15, 0.2) is 66.9 Å². The number of carbonyl (C=O) groups excluding carboxylic acids is 4. The highest BCUT2D eigenvalue weighted by molar-refractivity contribution is 7.70. The van der Waals surface area contributed by atoms with Gasteiger partial charge in [0.2, 0.25) is 17.8 Å². The van der Waals surface area contributed by atoms with Crippen molar-refractivity contribution in [2.24, 2.45) is 0 Å². The zero-order valence-electron chi connectivity index (χ0n) is 32.4. The van der Waals surface area contributed by atoms with Crippen molar-refractivity contribution in [2.45, 2.75) is 38.5 Å². The van der Waals surface area contributed by atoms with Gasteiger partial charge in [-0.1, -0.05) is 18.2 Å². The molecule has 19 heteroatoms. The minimum Gasteiger partial charge on any atom is -0.491 e. The van der Waals surface area contributed by atoms with E-state index in [9.17, 15) is 36.9 Å². The number of benzene rings is 3. The minimum absolute atomic E-state index is 0.0228. The zero-order chi connectivity index (χ0) is 42.3. The first-order valence-corrected chi connectivity index (χ1v) is 21.2. The second kappa shape index (κ2) is 18.4. The monoisotopic (exact) mass is 838 g/mol. The Balaban J connectivity index is 0.894. The summed E-state index contributed by atoms with van der Waals surface area (Å²) in [6, 6.07) is 15.4. The highest BCUT2D eigenvalue weighted by atomic mass is 31.2. The van der Waals surface area contributed by atoms with Crippen molar-refractivity contribution < 1.29 is 55.9 Å². The summed E-state index contributed by atoms with van der Waals surface area (Å²) in [6.45, 7) is 6.52. The molecule has 3 heterocycles. The maximum atomic E-state index is 13.8. The second-order valence-corrected chi connectivity index (χ2v) is 17.2.